The molecule has 0 bridgehead atoms. The second kappa shape index (κ2) is 10.0. The molecule has 0 radical (unpaired) electrons. The van der Waals surface area contributed by atoms with Crippen LogP contribution in [0, 0.1) is 0 Å². The van der Waals surface area contributed by atoms with E-state index in [9.17, 15) is 22.8 Å². The van der Waals surface area contributed by atoms with Crippen molar-refractivity contribution in [2.75, 3.05) is 13.2 Å². The lowest BCUT2D eigenvalue weighted by atomic mass is 9.96. The highest BCUT2D eigenvalue weighted by Gasteiger charge is 2.19. The molecular formula is C17H23N3O6S. The molecule has 9 nitrogen and oxygen atoms in total. The van der Waals surface area contributed by atoms with E-state index in [1.165, 1.54) is 12.1 Å². The minimum absolute atomic E-state index is 0.00919. The topological polar surface area (TPSA) is 131 Å². The summed E-state index contributed by atoms with van der Waals surface area (Å²) in [5.74, 6) is -1.72. The van der Waals surface area contributed by atoms with Gasteiger partial charge in [-0.05, 0) is 25.0 Å². The molecule has 1 aliphatic carbocycles. The molecule has 10 heteroatoms. The van der Waals surface area contributed by atoms with Crippen LogP contribution in [-0.2, 0) is 24.3 Å². The number of urea groups is 1. The summed E-state index contributed by atoms with van der Waals surface area (Å²) in [5, 5.41) is 4.77. The predicted molar refractivity (Wildman–Crippen MR) is 96.1 cm³/mol. The molecular weight excluding hydrogens is 374 g/mol. The molecule has 0 aliphatic heterocycles. The van der Waals surface area contributed by atoms with Gasteiger partial charge in [0, 0.05) is 6.04 Å². The fourth-order valence-corrected chi connectivity index (χ4v) is 3.66. The Hall–Kier alpha value is -2.46. The normalized spacial score (nSPS) is 15.0. The molecule has 1 saturated carbocycles. The Morgan fingerprint density at radius 2 is 1.70 bits per heavy atom. The molecule has 2 rings (SSSR count). The molecule has 27 heavy (non-hydrogen) atoms. The largest absolute Gasteiger partial charge is 0.455 e. The van der Waals surface area contributed by atoms with E-state index in [1.54, 1.807) is 18.2 Å². The molecule has 0 saturated heterocycles. The van der Waals surface area contributed by atoms with Gasteiger partial charge in [0.05, 0.1) is 4.90 Å². The smallest absolute Gasteiger partial charge is 0.321 e. The molecule has 1 fully saturated rings. The number of carbonyl (C=O) groups is 3. The van der Waals surface area contributed by atoms with Crippen LogP contribution < -0.4 is 15.4 Å². The van der Waals surface area contributed by atoms with Crippen LogP contribution >= 0.6 is 0 Å². The van der Waals surface area contributed by atoms with Crippen molar-refractivity contribution in [1.82, 2.24) is 15.4 Å². The minimum atomic E-state index is -3.84. The Labute approximate surface area is 157 Å². The monoisotopic (exact) mass is 397 g/mol. The maximum atomic E-state index is 12.0. The van der Waals surface area contributed by atoms with E-state index in [1.807, 2.05) is 0 Å². The summed E-state index contributed by atoms with van der Waals surface area (Å²) in [4.78, 5) is 34.9. The Morgan fingerprint density at radius 3 is 2.37 bits per heavy atom. The van der Waals surface area contributed by atoms with Crippen LogP contribution in [0.4, 0.5) is 4.79 Å². The van der Waals surface area contributed by atoms with Crippen LogP contribution in [0.15, 0.2) is 35.2 Å². The maximum absolute atomic E-state index is 12.0. The Morgan fingerprint density at radius 1 is 1.04 bits per heavy atom. The molecule has 0 spiro atoms. The van der Waals surface area contributed by atoms with Gasteiger partial charge < -0.3 is 10.1 Å². The quantitative estimate of drug-likeness (QED) is 0.580. The number of hydrogen-bond acceptors (Lipinski definition) is 6. The van der Waals surface area contributed by atoms with Gasteiger partial charge in [0.15, 0.2) is 6.61 Å². The molecule has 1 aliphatic rings. The molecule has 0 heterocycles. The van der Waals surface area contributed by atoms with Crippen molar-refractivity contribution in [3.8, 4) is 0 Å². The van der Waals surface area contributed by atoms with Gasteiger partial charge in [-0.3, -0.25) is 14.9 Å². The lowest BCUT2D eigenvalue weighted by molar-refractivity contribution is -0.147. The second-order valence-electron chi connectivity index (χ2n) is 6.15. The highest BCUT2D eigenvalue weighted by molar-refractivity contribution is 7.89. The van der Waals surface area contributed by atoms with E-state index >= 15 is 0 Å². The molecule has 1 aromatic carbocycles. The number of imide groups is 1. The predicted octanol–water partition coefficient (Wildman–Crippen LogP) is 0.667. The minimum Gasteiger partial charge on any atom is -0.455 e. The van der Waals surface area contributed by atoms with Crippen LogP contribution in [0.2, 0.25) is 0 Å². The van der Waals surface area contributed by atoms with E-state index in [0.717, 1.165) is 32.1 Å². The molecule has 3 amide bonds. The number of carbonyl (C=O) groups excluding carboxylic acids is 3. The summed E-state index contributed by atoms with van der Waals surface area (Å²) in [6.07, 6.45) is 4.96. The number of amides is 3. The number of rotatable bonds is 7. The van der Waals surface area contributed by atoms with Crippen LogP contribution in [0.25, 0.3) is 0 Å². The van der Waals surface area contributed by atoms with E-state index in [4.69, 9.17) is 0 Å². The van der Waals surface area contributed by atoms with Gasteiger partial charge in [-0.15, -0.1) is 0 Å². The number of hydrogen-bond donors (Lipinski definition) is 3. The van der Waals surface area contributed by atoms with Crippen molar-refractivity contribution in [2.24, 2.45) is 0 Å². The van der Waals surface area contributed by atoms with Crippen LogP contribution in [0.1, 0.15) is 32.1 Å². The number of nitrogens with one attached hydrogen (secondary N) is 3. The fraction of sp³-hybridized carbons (Fsp3) is 0.471. The zero-order valence-corrected chi connectivity index (χ0v) is 15.6. The summed E-state index contributed by atoms with van der Waals surface area (Å²) in [5.41, 5.74) is 0. The van der Waals surface area contributed by atoms with Crippen molar-refractivity contribution in [3.63, 3.8) is 0 Å². The molecule has 0 unspecified atom stereocenters. The summed E-state index contributed by atoms with van der Waals surface area (Å²) in [6.45, 7) is -1.30. The van der Waals surface area contributed by atoms with Gasteiger partial charge in [-0.1, -0.05) is 37.5 Å². The number of ether oxygens (including phenoxy) is 1. The van der Waals surface area contributed by atoms with E-state index in [2.05, 4.69) is 20.1 Å². The first-order valence-corrected chi connectivity index (χ1v) is 10.2. The standard InChI is InChI=1S/C17H23N3O6S/c21-15(20-17(23)19-13-7-3-1-4-8-13)12-26-16(22)11-18-27(24,25)14-9-5-2-6-10-14/h2,5-6,9-10,13,18H,1,3-4,7-8,11-12H2,(H2,19,20,21,23). The van der Waals surface area contributed by atoms with Crippen molar-refractivity contribution in [1.29, 1.82) is 0 Å². The van der Waals surface area contributed by atoms with E-state index < -0.39 is 41.1 Å². The van der Waals surface area contributed by atoms with Crippen molar-refractivity contribution in [3.05, 3.63) is 30.3 Å². The van der Waals surface area contributed by atoms with Gasteiger partial charge in [0.2, 0.25) is 10.0 Å². The molecule has 0 aromatic heterocycles. The Balaban J connectivity index is 1.67. The summed E-state index contributed by atoms with van der Waals surface area (Å²) in [7, 11) is -3.84. The third-order valence-electron chi connectivity index (χ3n) is 4.02. The third kappa shape index (κ3) is 7.35. The van der Waals surface area contributed by atoms with Gasteiger partial charge in [0.25, 0.3) is 5.91 Å². The highest BCUT2D eigenvalue weighted by atomic mass is 32.2. The van der Waals surface area contributed by atoms with Crippen LogP contribution in [0.3, 0.4) is 0 Å². The van der Waals surface area contributed by atoms with E-state index in [0.29, 0.717) is 0 Å². The van der Waals surface area contributed by atoms with Gasteiger partial charge >= 0.3 is 12.0 Å². The Kier molecular flexibility index (Phi) is 7.74. The van der Waals surface area contributed by atoms with Gasteiger partial charge in [0.1, 0.15) is 6.54 Å². The van der Waals surface area contributed by atoms with Crippen molar-refractivity contribution in [2.45, 2.75) is 43.0 Å². The van der Waals surface area contributed by atoms with E-state index in [-0.39, 0.29) is 10.9 Å². The number of benzene rings is 1. The van der Waals surface area contributed by atoms with Crippen LogP contribution in [-0.4, -0.2) is 45.5 Å². The van der Waals surface area contributed by atoms with Crippen molar-refractivity contribution < 1.29 is 27.5 Å². The zero-order chi connectivity index (χ0) is 19.7. The lowest BCUT2D eigenvalue weighted by Crippen LogP contribution is -2.46. The molecule has 1 aromatic rings. The Bertz CT molecular complexity index is 760. The zero-order valence-electron chi connectivity index (χ0n) is 14.8. The average Bonchev–Trinajstić information content (AvgIpc) is 2.66. The third-order valence-corrected chi connectivity index (χ3v) is 5.43. The first-order chi connectivity index (χ1) is 12.9. The van der Waals surface area contributed by atoms with Gasteiger partial charge in [-0.2, -0.15) is 4.72 Å². The van der Waals surface area contributed by atoms with Crippen molar-refractivity contribution >= 4 is 27.9 Å². The molecule has 148 valence electrons. The summed E-state index contributed by atoms with van der Waals surface area (Å²) in [6, 6.07) is 6.94. The first-order valence-electron chi connectivity index (χ1n) is 8.67. The SMILES string of the molecule is O=C(COC(=O)CNS(=O)(=O)c1ccccc1)NC(=O)NC1CCCCC1. The molecule has 3 N–H and O–H groups in total. The van der Waals surface area contributed by atoms with Gasteiger partial charge in [-0.25, -0.2) is 13.2 Å². The summed E-state index contributed by atoms with van der Waals surface area (Å²) >= 11 is 0. The number of esters is 1. The summed E-state index contributed by atoms with van der Waals surface area (Å²) < 4.78 is 30.7. The second-order valence-corrected chi connectivity index (χ2v) is 7.92. The highest BCUT2D eigenvalue weighted by Crippen LogP contribution is 2.17. The van der Waals surface area contributed by atoms with Crippen LogP contribution in [0.5, 0.6) is 0 Å². The lowest BCUT2D eigenvalue weighted by Gasteiger charge is -2.22. The fourth-order valence-electron chi connectivity index (χ4n) is 2.67. The molecule has 0 atom stereocenters. The number of sulfonamides is 1. The maximum Gasteiger partial charge on any atom is 0.321 e. The average molecular weight is 397 g/mol. The first kappa shape index (κ1) is 20.8.